The van der Waals surface area contributed by atoms with Gasteiger partial charge in [0.1, 0.15) is 11.5 Å². The lowest BCUT2D eigenvalue weighted by Crippen LogP contribution is -2.13. The fraction of sp³-hybridized carbons (Fsp3) is 0.0833. The molecule has 1 heterocycles. The van der Waals surface area contributed by atoms with Crippen molar-refractivity contribution in [2.75, 3.05) is 6.61 Å². The Hall–Kier alpha value is -3.66. The largest absolute Gasteiger partial charge is 0.461 e. The van der Waals surface area contributed by atoms with Gasteiger partial charge in [0, 0.05) is 16.8 Å². The predicted molar refractivity (Wildman–Crippen MR) is 110 cm³/mol. The highest BCUT2D eigenvalue weighted by molar-refractivity contribution is 5.97. The van der Waals surface area contributed by atoms with Gasteiger partial charge in [0.2, 0.25) is 0 Å². The Kier molecular flexibility index (Phi) is 5.02. The molecule has 0 amide bonds. The lowest BCUT2D eigenvalue weighted by atomic mass is 10.1. The summed E-state index contributed by atoms with van der Waals surface area (Å²) in [6.45, 7) is 2.11. The molecule has 0 aliphatic heterocycles. The lowest BCUT2D eigenvalue weighted by Gasteiger charge is -2.12. The smallest absolute Gasteiger partial charge is 0.357 e. The topological polar surface area (TPSA) is 44.1 Å². The van der Waals surface area contributed by atoms with Crippen LogP contribution in [-0.4, -0.2) is 22.1 Å². The van der Waals surface area contributed by atoms with Crippen LogP contribution in [0.25, 0.3) is 28.3 Å². The lowest BCUT2D eigenvalue weighted by molar-refractivity contribution is 0.0518. The molecule has 0 spiro atoms. The van der Waals surface area contributed by atoms with Gasteiger partial charge in [-0.05, 0) is 19.1 Å². The van der Waals surface area contributed by atoms with Gasteiger partial charge in [0.25, 0.3) is 0 Å². The molecule has 0 atom stereocenters. The number of carbonyl (C=O) groups is 1. The molecular weight excluding hydrogens is 348 g/mol. The highest BCUT2D eigenvalue weighted by atomic mass is 16.5. The second-order valence-electron chi connectivity index (χ2n) is 6.26. The molecule has 0 N–H and O–H groups in total. The Morgan fingerprint density at radius 1 is 0.821 bits per heavy atom. The number of para-hydroxylation sites is 1. The van der Waals surface area contributed by atoms with Crippen molar-refractivity contribution in [1.82, 2.24) is 9.55 Å². The maximum Gasteiger partial charge on any atom is 0.357 e. The van der Waals surface area contributed by atoms with Crippen LogP contribution >= 0.6 is 0 Å². The van der Waals surface area contributed by atoms with Crippen LogP contribution in [-0.2, 0) is 4.74 Å². The second-order valence-corrected chi connectivity index (χ2v) is 6.26. The maximum absolute atomic E-state index is 13.0. The predicted octanol–water partition coefficient (Wildman–Crippen LogP) is 5.38. The number of hydrogen-bond donors (Lipinski definition) is 0. The Morgan fingerprint density at radius 2 is 1.36 bits per heavy atom. The van der Waals surface area contributed by atoms with Crippen molar-refractivity contribution >= 4 is 5.97 Å². The Morgan fingerprint density at radius 3 is 1.93 bits per heavy atom. The van der Waals surface area contributed by atoms with E-state index >= 15 is 0 Å². The molecule has 4 nitrogen and oxygen atoms in total. The third kappa shape index (κ3) is 3.32. The summed E-state index contributed by atoms with van der Waals surface area (Å²) in [7, 11) is 0. The molecule has 0 bridgehead atoms. The van der Waals surface area contributed by atoms with Gasteiger partial charge < -0.3 is 4.74 Å². The van der Waals surface area contributed by atoms with Crippen molar-refractivity contribution in [2.24, 2.45) is 0 Å². The summed E-state index contributed by atoms with van der Waals surface area (Å²) in [5, 5.41) is 0. The van der Waals surface area contributed by atoms with Crippen molar-refractivity contribution in [3.8, 4) is 28.3 Å². The molecule has 0 aliphatic rings. The number of rotatable bonds is 5. The number of aromatic nitrogens is 2. The van der Waals surface area contributed by atoms with Crippen LogP contribution < -0.4 is 0 Å². The number of carbonyl (C=O) groups excluding carboxylic acids is 1. The molecule has 4 heteroatoms. The number of esters is 1. The minimum Gasteiger partial charge on any atom is -0.461 e. The highest BCUT2D eigenvalue weighted by Crippen LogP contribution is 2.32. The van der Waals surface area contributed by atoms with Crippen LogP contribution in [0, 0.1) is 0 Å². The van der Waals surface area contributed by atoms with Gasteiger partial charge in [-0.15, -0.1) is 0 Å². The monoisotopic (exact) mass is 368 g/mol. The first kappa shape index (κ1) is 17.7. The Bertz CT molecular complexity index is 1070. The van der Waals surface area contributed by atoms with Crippen LogP contribution in [0.2, 0.25) is 0 Å². The zero-order chi connectivity index (χ0) is 19.3. The van der Waals surface area contributed by atoms with Crippen LogP contribution in [0.4, 0.5) is 0 Å². The zero-order valence-corrected chi connectivity index (χ0v) is 15.6. The van der Waals surface area contributed by atoms with Crippen LogP contribution in [0.5, 0.6) is 0 Å². The van der Waals surface area contributed by atoms with Gasteiger partial charge in [-0.3, -0.25) is 4.57 Å². The summed E-state index contributed by atoms with van der Waals surface area (Å²) in [5.41, 5.74) is 3.70. The molecular formula is C24H20N2O2. The number of ether oxygens (including phenoxy) is 1. The van der Waals surface area contributed by atoms with Gasteiger partial charge in [0.15, 0.2) is 5.69 Å². The van der Waals surface area contributed by atoms with Crippen molar-refractivity contribution in [2.45, 2.75) is 6.92 Å². The highest BCUT2D eigenvalue weighted by Gasteiger charge is 2.26. The fourth-order valence-electron chi connectivity index (χ4n) is 3.21. The zero-order valence-electron chi connectivity index (χ0n) is 15.6. The molecule has 0 aliphatic carbocycles. The quantitative estimate of drug-likeness (QED) is 0.444. The summed E-state index contributed by atoms with van der Waals surface area (Å²) in [6.07, 6.45) is 0. The van der Waals surface area contributed by atoms with Crippen molar-refractivity contribution < 1.29 is 9.53 Å². The van der Waals surface area contributed by atoms with Crippen molar-refractivity contribution in [3.63, 3.8) is 0 Å². The molecule has 0 fully saturated rings. The molecule has 4 aromatic rings. The minimum absolute atomic E-state index is 0.299. The normalized spacial score (nSPS) is 10.6. The van der Waals surface area contributed by atoms with E-state index in [-0.39, 0.29) is 5.97 Å². The van der Waals surface area contributed by atoms with Crippen molar-refractivity contribution in [3.05, 3.63) is 96.7 Å². The number of benzene rings is 3. The summed E-state index contributed by atoms with van der Waals surface area (Å²) in [6, 6.07) is 29.4. The third-order valence-electron chi connectivity index (χ3n) is 4.44. The van der Waals surface area contributed by atoms with Gasteiger partial charge in [-0.1, -0.05) is 78.9 Å². The summed E-state index contributed by atoms with van der Waals surface area (Å²) < 4.78 is 7.29. The molecule has 138 valence electrons. The standard InChI is InChI=1S/C24H20N2O2/c1-2-28-24(27)22-21(18-12-6-3-7-13-18)25-23(19-14-8-4-9-15-19)26(22)20-16-10-5-11-17-20/h3-17H,2H2,1H3. The molecule has 4 rings (SSSR count). The average Bonchev–Trinajstić information content (AvgIpc) is 3.17. The van der Waals surface area contributed by atoms with Gasteiger partial charge in [0.05, 0.1) is 6.61 Å². The number of hydrogen-bond acceptors (Lipinski definition) is 3. The Balaban J connectivity index is 2.05. The summed E-state index contributed by atoms with van der Waals surface area (Å²) in [4.78, 5) is 17.9. The first-order valence-corrected chi connectivity index (χ1v) is 9.25. The molecule has 0 unspecified atom stereocenters. The van der Waals surface area contributed by atoms with Gasteiger partial charge in [-0.25, -0.2) is 9.78 Å². The molecule has 3 aromatic carbocycles. The van der Waals surface area contributed by atoms with E-state index in [0.29, 0.717) is 23.8 Å². The molecule has 0 saturated heterocycles. The molecule has 0 radical (unpaired) electrons. The van der Waals surface area contributed by atoms with Gasteiger partial charge in [-0.2, -0.15) is 0 Å². The molecule has 0 saturated carbocycles. The Labute approximate surface area is 164 Å². The van der Waals surface area contributed by atoms with E-state index in [9.17, 15) is 4.79 Å². The van der Waals surface area contributed by atoms with Crippen molar-refractivity contribution in [1.29, 1.82) is 0 Å². The molecule has 1 aromatic heterocycles. The minimum atomic E-state index is -0.389. The van der Waals surface area contributed by atoms with Gasteiger partial charge >= 0.3 is 5.97 Å². The molecule has 28 heavy (non-hydrogen) atoms. The van der Waals surface area contributed by atoms with E-state index < -0.39 is 0 Å². The van der Waals surface area contributed by atoms with E-state index in [1.165, 1.54) is 0 Å². The van der Waals surface area contributed by atoms with E-state index in [2.05, 4.69) is 0 Å². The SMILES string of the molecule is CCOC(=O)c1c(-c2ccccc2)nc(-c2ccccc2)n1-c1ccccc1. The average molecular weight is 368 g/mol. The van der Waals surface area contributed by atoms with E-state index in [0.717, 1.165) is 16.8 Å². The van der Waals surface area contributed by atoms with E-state index in [1.807, 2.05) is 95.6 Å². The van der Waals surface area contributed by atoms with Crippen LogP contribution in [0.15, 0.2) is 91.0 Å². The first-order chi connectivity index (χ1) is 13.8. The summed E-state index contributed by atoms with van der Waals surface area (Å²) >= 11 is 0. The van der Waals surface area contributed by atoms with Crippen LogP contribution in [0.1, 0.15) is 17.4 Å². The second kappa shape index (κ2) is 7.92. The maximum atomic E-state index is 13.0. The first-order valence-electron chi connectivity index (χ1n) is 9.25. The summed E-state index contributed by atoms with van der Waals surface area (Å²) in [5.74, 6) is 0.314. The third-order valence-corrected chi connectivity index (χ3v) is 4.44. The number of nitrogens with zero attached hydrogens (tertiary/aromatic N) is 2. The van der Waals surface area contributed by atoms with E-state index in [4.69, 9.17) is 9.72 Å². The fourth-order valence-corrected chi connectivity index (χ4v) is 3.21. The van der Waals surface area contributed by atoms with E-state index in [1.54, 1.807) is 6.92 Å². The number of imidazole rings is 1. The van der Waals surface area contributed by atoms with Crippen LogP contribution in [0.3, 0.4) is 0 Å².